The summed E-state index contributed by atoms with van der Waals surface area (Å²) in [6.07, 6.45) is 10.0. The van der Waals surface area contributed by atoms with Crippen molar-refractivity contribution in [2.24, 2.45) is 5.92 Å². The van der Waals surface area contributed by atoms with E-state index in [4.69, 9.17) is 0 Å². The van der Waals surface area contributed by atoms with Gasteiger partial charge < -0.3 is 4.57 Å². The van der Waals surface area contributed by atoms with Crippen molar-refractivity contribution < 1.29 is 0 Å². The summed E-state index contributed by atoms with van der Waals surface area (Å²) >= 11 is 0. The third kappa shape index (κ3) is 3.99. The summed E-state index contributed by atoms with van der Waals surface area (Å²) in [5, 5.41) is 1.43. The molecule has 2 nitrogen and oxygen atoms in total. The molecular formula is C29H36N2. The van der Waals surface area contributed by atoms with Gasteiger partial charge in [-0.15, -0.1) is 0 Å². The molecule has 2 heteroatoms. The summed E-state index contributed by atoms with van der Waals surface area (Å²) in [7, 11) is 0. The van der Waals surface area contributed by atoms with E-state index in [-0.39, 0.29) is 0 Å². The molecule has 2 unspecified atom stereocenters. The monoisotopic (exact) mass is 412 g/mol. The van der Waals surface area contributed by atoms with Crippen LogP contribution in [0.25, 0.3) is 16.5 Å². The number of piperidine rings is 1. The zero-order valence-electron chi connectivity index (χ0n) is 19.2. The molecule has 0 spiro atoms. The van der Waals surface area contributed by atoms with Crippen LogP contribution >= 0.6 is 0 Å². The molecule has 2 atom stereocenters. The maximum atomic E-state index is 4.39. The van der Waals surface area contributed by atoms with Gasteiger partial charge in [0.2, 0.25) is 0 Å². The second-order valence-corrected chi connectivity index (χ2v) is 9.82. The van der Waals surface area contributed by atoms with Crippen molar-refractivity contribution in [3.8, 4) is 0 Å². The standard InChI is InChI=1S/C29H36N2/c1-4-24-12-8-13-28-22(3)20-30(29(24)28)14-9-15-31-26-17-23(18-27(31)19-26)16-21(2)25-10-6-5-7-11-25/h5-8,10-13,20,23,26-27H,2,4,9,14-19H2,1,3H3. The molecule has 1 saturated carbocycles. The minimum atomic E-state index is 0.807. The molecule has 3 aliphatic rings. The molecular weight excluding hydrogens is 376 g/mol. The van der Waals surface area contributed by atoms with Gasteiger partial charge in [-0.2, -0.15) is 0 Å². The Balaban J connectivity index is 1.15. The zero-order chi connectivity index (χ0) is 21.4. The highest BCUT2D eigenvalue weighted by atomic mass is 15.3. The van der Waals surface area contributed by atoms with Crippen molar-refractivity contribution in [1.82, 2.24) is 9.47 Å². The number of hydrogen-bond donors (Lipinski definition) is 0. The number of para-hydroxylation sites is 1. The minimum absolute atomic E-state index is 0.807. The number of benzene rings is 2. The lowest BCUT2D eigenvalue weighted by Gasteiger charge is -2.56. The summed E-state index contributed by atoms with van der Waals surface area (Å²) in [6.45, 7) is 11.3. The third-order valence-electron chi connectivity index (χ3n) is 7.79. The van der Waals surface area contributed by atoms with Crippen LogP contribution in [0.15, 0.2) is 61.3 Å². The molecule has 31 heavy (non-hydrogen) atoms. The maximum absolute atomic E-state index is 4.39. The highest BCUT2D eigenvalue weighted by molar-refractivity contribution is 5.86. The fourth-order valence-electron chi connectivity index (χ4n) is 6.25. The van der Waals surface area contributed by atoms with E-state index in [0.717, 1.165) is 31.0 Å². The molecule has 3 aromatic rings. The Morgan fingerprint density at radius 1 is 0.968 bits per heavy atom. The van der Waals surface area contributed by atoms with E-state index in [9.17, 15) is 0 Å². The number of aromatic nitrogens is 1. The van der Waals surface area contributed by atoms with Crippen molar-refractivity contribution >= 4 is 16.5 Å². The fraction of sp³-hybridized carbons (Fsp3) is 0.448. The Kier molecular flexibility index (Phi) is 5.75. The number of aryl methyl sites for hydroxylation is 3. The Hall–Kier alpha value is -2.32. The lowest BCUT2D eigenvalue weighted by Crippen LogP contribution is -2.60. The summed E-state index contributed by atoms with van der Waals surface area (Å²) < 4.78 is 2.52. The lowest BCUT2D eigenvalue weighted by molar-refractivity contribution is -0.0515. The molecule has 6 rings (SSSR count). The van der Waals surface area contributed by atoms with Crippen LogP contribution in [0.2, 0.25) is 0 Å². The average Bonchev–Trinajstić information content (AvgIpc) is 3.13. The van der Waals surface area contributed by atoms with Gasteiger partial charge in [0.05, 0.1) is 5.52 Å². The van der Waals surface area contributed by atoms with Gasteiger partial charge in [0, 0.05) is 36.8 Å². The average molecular weight is 413 g/mol. The van der Waals surface area contributed by atoms with Gasteiger partial charge in [0.1, 0.15) is 0 Å². The number of rotatable bonds is 8. The highest BCUT2D eigenvalue weighted by Crippen LogP contribution is 2.44. The Morgan fingerprint density at radius 3 is 2.48 bits per heavy atom. The fourth-order valence-corrected chi connectivity index (χ4v) is 6.25. The van der Waals surface area contributed by atoms with Gasteiger partial charge in [-0.05, 0) is 73.6 Å². The molecule has 0 radical (unpaired) electrons. The van der Waals surface area contributed by atoms with Gasteiger partial charge in [0.25, 0.3) is 0 Å². The predicted octanol–water partition coefficient (Wildman–Crippen LogP) is 6.86. The topological polar surface area (TPSA) is 8.17 Å². The molecule has 2 bridgehead atoms. The van der Waals surface area contributed by atoms with E-state index in [1.54, 1.807) is 0 Å². The first kappa shape index (κ1) is 20.6. The Morgan fingerprint density at radius 2 is 1.74 bits per heavy atom. The molecule has 2 aliphatic heterocycles. The van der Waals surface area contributed by atoms with Gasteiger partial charge in [-0.25, -0.2) is 0 Å². The predicted molar refractivity (Wildman–Crippen MR) is 132 cm³/mol. The van der Waals surface area contributed by atoms with E-state index >= 15 is 0 Å². The van der Waals surface area contributed by atoms with E-state index < -0.39 is 0 Å². The molecule has 3 fully saturated rings. The molecule has 2 aromatic carbocycles. The molecule has 1 aliphatic carbocycles. The van der Waals surface area contributed by atoms with E-state index in [1.807, 2.05) is 0 Å². The van der Waals surface area contributed by atoms with Gasteiger partial charge in [-0.1, -0.05) is 62.0 Å². The smallest absolute Gasteiger partial charge is 0.0515 e. The van der Waals surface area contributed by atoms with E-state index in [0.29, 0.717) is 0 Å². The van der Waals surface area contributed by atoms with Crippen LogP contribution in [-0.4, -0.2) is 28.1 Å². The molecule has 0 amide bonds. The summed E-state index contributed by atoms with van der Waals surface area (Å²) in [4.78, 5) is 2.81. The zero-order valence-corrected chi connectivity index (χ0v) is 19.2. The number of hydrogen-bond acceptors (Lipinski definition) is 1. The van der Waals surface area contributed by atoms with Crippen molar-refractivity contribution in [3.05, 3.63) is 78.0 Å². The number of nitrogens with zero attached hydrogens (tertiary/aromatic N) is 2. The molecule has 2 saturated heterocycles. The maximum Gasteiger partial charge on any atom is 0.0515 e. The number of allylic oxidation sites excluding steroid dienone is 1. The first-order valence-corrected chi connectivity index (χ1v) is 12.2. The Bertz CT molecular complexity index is 1050. The largest absolute Gasteiger partial charge is 0.347 e. The quantitative estimate of drug-likeness (QED) is 0.392. The summed E-state index contributed by atoms with van der Waals surface area (Å²) in [6, 6.07) is 19.1. The van der Waals surface area contributed by atoms with Crippen LogP contribution in [0.4, 0.5) is 0 Å². The number of fused-ring (bicyclic) bond motifs is 3. The minimum Gasteiger partial charge on any atom is -0.347 e. The van der Waals surface area contributed by atoms with Gasteiger partial charge in [0.15, 0.2) is 0 Å². The summed E-state index contributed by atoms with van der Waals surface area (Å²) in [5.41, 5.74) is 6.99. The summed E-state index contributed by atoms with van der Waals surface area (Å²) in [5.74, 6) is 0.816. The SMILES string of the molecule is C=C(CC1CC2CC(C1)N2CCCn1cc(C)c2cccc(CC)c21)c1ccccc1. The first-order chi connectivity index (χ1) is 15.1. The van der Waals surface area contributed by atoms with Crippen LogP contribution in [-0.2, 0) is 13.0 Å². The van der Waals surface area contributed by atoms with Crippen LogP contribution in [0.5, 0.6) is 0 Å². The molecule has 162 valence electrons. The van der Waals surface area contributed by atoms with Crippen molar-refractivity contribution in [2.45, 2.75) is 71.0 Å². The van der Waals surface area contributed by atoms with Gasteiger partial charge >= 0.3 is 0 Å². The normalized spacial score (nSPS) is 23.1. The van der Waals surface area contributed by atoms with Gasteiger partial charge in [-0.3, -0.25) is 4.90 Å². The second kappa shape index (κ2) is 8.67. The highest BCUT2D eigenvalue weighted by Gasteiger charge is 2.44. The Labute approximate surface area is 187 Å². The van der Waals surface area contributed by atoms with Crippen molar-refractivity contribution in [1.29, 1.82) is 0 Å². The first-order valence-electron chi connectivity index (χ1n) is 12.2. The third-order valence-corrected chi connectivity index (χ3v) is 7.79. The van der Waals surface area contributed by atoms with Crippen molar-refractivity contribution in [3.63, 3.8) is 0 Å². The van der Waals surface area contributed by atoms with Crippen LogP contribution in [0, 0.1) is 12.8 Å². The molecule has 1 aromatic heterocycles. The van der Waals surface area contributed by atoms with Crippen LogP contribution < -0.4 is 0 Å². The van der Waals surface area contributed by atoms with E-state index in [1.165, 1.54) is 71.8 Å². The van der Waals surface area contributed by atoms with Crippen LogP contribution in [0.1, 0.15) is 55.7 Å². The van der Waals surface area contributed by atoms with E-state index in [2.05, 4.69) is 84.6 Å². The second-order valence-electron chi connectivity index (χ2n) is 9.82. The van der Waals surface area contributed by atoms with Crippen LogP contribution in [0.3, 0.4) is 0 Å². The van der Waals surface area contributed by atoms with Crippen molar-refractivity contribution in [2.75, 3.05) is 6.54 Å². The molecule has 3 heterocycles. The lowest BCUT2D eigenvalue weighted by atomic mass is 9.71. The molecule has 0 N–H and O–H groups in total.